The molecule has 0 saturated carbocycles. The Morgan fingerprint density at radius 1 is 1.03 bits per heavy atom. The molecule has 0 bridgehead atoms. The number of anilines is 1. The molecule has 0 aliphatic carbocycles. The molecule has 0 spiro atoms. The van der Waals surface area contributed by atoms with Crippen LogP contribution in [0.2, 0.25) is 0 Å². The van der Waals surface area contributed by atoms with Gasteiger partial charge in [-0.1, -0.05) is 36.0 Å². The minimum Gasteiger partial charge on any atom is -0.369 e. The van der Waals surface area contributed by atoms with Crippen LogP contribution in [0.5, 0.6) is 0 Å². The van der Waals surface area contributed by atoms with Gasteiger partial charge in [0.1, 0.15) is 5.82 Å². The Kier molecular flexibility index (Phi) is 6.56. The quantitative estimate of drug-likeness (QED) is 0.268. The Bertz CT molecular complexity index is 1300. The van der Waals surface area contributed by atoms with Gasteiger partial charge < -0.3 is 9.47 Å². The fourth-order valence-electron chi connectivity index (χ4n) is 4.19. The van der Waals surface area contributed by atoms with Gasteiger partial charge in [0.25, 0.3) is 0 Å². The van der Waals surface area contributed by atoms with Gasteiger partial charge in [-0.2, -0.15) is 5.10 Å². The summed E-state index contributed by atoms with van der Waals surface area (Å²) in [6.07, 6.45) is 0. The SMILES string of the molecule is Cc1cccc(N2CCN(Cn3nc(CSc4nc5ccccc5s4)n(C)c3=S)CC2)c1C. The molecule has 2 aromatic carbocycles. The molecule has 0 N–H and O–H groups in total. The maximum Gasteiger partial charge on any atom is 0.198 e. The minimum atomic E-state index is 0.735. The molecule has 2 aromatic heterocycles. The van der Waals surface area contributed by atoms with Gasteiger partial charge in [-0.15, -0.1) is 11.3 Å². The van der Waals surface area contributed by atoms with Crippen LogP contribution in [0.4, 0.5) is 5.69 Å². The topological polar surface area (TPSA) is 42.1 Å². The van der Waals surface area contributed by atoms with Crippen LogP contribution in [0.3, 0.4) is 0 Å². The lowest BCUT2D eigenvalue weighted by atomic mass is 10.1. The number of piperazine rings is 1. The molecule has 1 aliphatic heterocycles. The molecule has 6 nitrogen and oxygen atoms in total. The third kappa shape index (κ3) is 4.73. The highest BCUT2D eigenvalue weighted by atomic mass is 32.2. The minimum absolute atomic E-state index is 0.735. The van der Waals surface area contributed by atoms with Crippen molar-refractivity contribution in [3.8, 4) is 0 Å². The normalized spacial score (nSPS) is 14.9. The number of benzene rings is 2. The fourth-order valence-corrected chi connectivity index (χ4v) is 6.44. The smallest absolute Gasteiger partial charge is 0.198 e. The zero-order chi connectivity index (χ0) is 22.9. The van der Waals surface area contributed by atoms with Gasteiger partial charge in [0.15, 0.2) is 9.11 Å². The van der Waals surface area contributed by atoms with E-state index < -0.39 is 0 Å². The van der Waals surface area contributed by atoms with Gasteiger partial charge in [0, 0.05) is 38.9 Å². The zero-order valence-corrected chi connectivity index (χ0v) is 21.6. The molecule has 1 fully saturated rings. The van der Waals surface area contributed by atoms with E-state index >= 15 is 0 Å². The number of thioether (sulfide) groups is 1. The van der Waals surface area contributed by atoms with E-state index in [1.807, 2.05) is 22.4 Å². The Balaban J connectivity index is 1.21. The monoisotopic (exact) mass is 496 g/mol. The van der Waals surface area contributed by atoms with Crippen molar-refractivity contribution in [3.05, 3.63) is 64.2 Å². The molecule has 0 atom stereocenters. The average Bonchev–Trinajstić information content (AvgIpc) is 3.36. The van der Waals surface area contributed by atoms with Crippen LogP contribution in [0.1, 0.15) is 17.0 Å². The Morgan fingerprint density at radius 2 is 1.82 bits per heavy atom. The molecule has 0 unspecified atom stereocenters. The van der Waals surface area contributed by atoms with Crippen molar-refractivity contribution in [2.24, 2.45) is 7.05 Å². The number of hydrogen-bond acceptors (Lipinski definition) is 7. The number of rotatable bonds is 6. The number of aryl methyl sites for hydroxylation is 1. The van der Waals surface area contributed by atoms with E-state index in [2.05, 4.69) is 60.0 Å². The first-order chi connectivity index (χ1) is 16.0. The number of nitrogens with zero attached hydrogens (tertiary/aromatic N) is 6. The summed E-state index contributed by atoms with van der Waals surface area (Å²) < 4.78 is 7.06. The molecule has 5 rings (SSSR count). The highest BCUT2D eigenvalue weighted by molar-refractivity contribution is 8.00. The van der Waals surface area contributed by atoms with Crippen molar-refractivity contribution in [2.75, 3.05) is 31.1 Å². The summed E-state index contributed by atoms with van der Waals surface area (Å²) in [4.78, 5) is 9.66. The Morgan fingerprint density at radius 3 is 2.61 bits per heavy atom. The van der Waals surface area contributed by atoms with Crippen molar-refractivity contribution in [2.45, 2.75) is 30.6 Å². The fraction of sp³-hybridized carbons (Fsp3) is 0.375. The molecular formula is C24H28N6S3. The van der Waals surface area contributed by atoms with Crippen molar-refractivity contribution in [1.82, 2.24) is 24.2 Å². The van der Waals surface area contributed by atoms with Gasteiger partial charge in [0.2, 0.25) is 0 Å². The molecular weight excluding hydrogens is 469 g/mol. The average molecular weight is 497 g/mol. The predicted molar refractivity (Wildman–Crippen MR) is 141 cm³/mol. The summed E-state index contributed by atoms with van der Waals surface area (Å²) >= 11 is 9.16. The second-order valence-electron chi connectivity index (χ2n) is 8.46. The summed E-state index contributed by atoms with van der Waals surface area (Å²) in [5, 5.41) is 4.85. The molecule has 4 aromatic rings. The summed E-state index contributed by atoms with van der Waals surface area (Å²) in [6, 6.07) is 14.8. The van der Waals surface area contributed by atoms with Gasteiger partial charge in [-0.25, -0.2) is 9.67 Å². The summed E-state index contributed by atoms with van der Waals surface area (Å²) in [5.41, 5.74) is 5.15. The standard InChI is InChI=1S/C24H28N6S3/c1-17-7-6-9-20(18(17)2)29-13-11-28(12-14-29)16-30-24(31)27(3)22(26-30)15-32-23-25-19-8-4-5-10-21(19)33-23/h4-10H,11-16H2,1-3H3. The maximum atomic E-state index is 5.70. The third-order valence-electron chi connectivity index (χ3n) is 6.35. The van der Waals surface area contributed by atoms with Crippen LogP contribution in [-0.2, 0) is 19.5 Å². The van der Waals surface area contributed by atoms with Crippen LogP contribution >= 0.6 is 35.3 Å². The van der Waals surface area contributed by atoms with E-state index in [0.29, 0.717) is 0 Å². The van der Waals surface area contributed by atoms with Crippen LogP contribution in [0.15, 0.2) is 46.8 Å². The van der Waals surface area contributed by atoms with E-state index in [-0.39, 0.29) is 0 Å². The van der Waals surface area contributed by atoms with E-state index in [1.54, 1.807) is 23.1 Å². The van der Waals surface area contributed by atoms with E-state index in [9.17, 15) is 0 Å². The third-order valence-corrected chi connectivity index (χ3v) is 9.01. The van der Waals surface area contributed by atoms with Crippen LogP contribution in [-0.4, -0.2) is 50.4 Å². The molecule has 1 aliphatic rings. The zero-order valence-electron chi connectivity index (χ0n) is 19.2. The van der Waals surface area contributed by atoms with Gasteiger partial charge in [-0.05, 0) is 55.4 Å². The maximum absolute atomic E-state index is 5.70. The van der Waals surface area contributed by atoms with Crippen LogP contribution in [0.25, 0.3) is 10.2 Å². The largest absolute Gasteiger partial charge is 0.369 e. The number of fused-ring (bicyclic) bond motifs is 1. The highest BCUT2D eigenvalue weighted by Gasteiger charge is 2.20. The first kappa shape index (κ1) is 22.6. The number of aromatic nitrogens is 4. The number of thiazole rings is 1. The lowest BCUT2D eigenvalue weighted by Crippen LogP contribution is -2.47. The molecule has 1 saturated heterocycles. The van der Waals surface area contributed by atoms with Gasteiger partial charge in [0.05, 0.1) is 22.6 Å². The van der Waals surface area contributed by atoms with E-state index in [1.165, 1.54) is 21.5 Å². The number of hydrogen-bond donors (Lipinski definition) is 0. The lowest BCUT2D eigenvalue weighted by Gasteiger charge is -2.36. The van der Waals surface area contributed by atoms with E-state index in [0.717, 1.165) is 59.1 Å². The molecule has 33 heavy (non-hydrogen) atoms. The summed E-state index contributed by atoms with van der Waals surface area (Å²) in [5.74, 6) is 1.74. The second kappa shape index (κ2) is 9.58. The number of para-hydroxylation sites is 1. The van der Waals surface area contributed by atoms with Crippen LogP contribution < -0.4 is 4.90 Å². The summed E-state index contributed by atoms with van der Waals surface area (Å²) in [7, 11) is 2.01. The van der Waals surface area contributed by atoms with Crippen molar-refractivity contribution < 1.29 is 0 Å². The van der Waals surface area contributed by atoms with E-state index in [4.69, 9.17) is 22.3 Å². The van der Waals surface area contributed by atoms with Gasteiger partial charge in [-0.3, -0.25) is 4.90 Å². The molecule has 0 amide bonds. The lowest BCUT2D eigenvalue weighted by molar-refractivity contribution is 0.194. The highest BCUT2D eigenvalue weighted by Crippen LogP contribution is 2.31. The predicted octanol–water partition coefficient (Wildman–Crippen LogP) is 5.25. The van der Waals surface area contributed by atoms with Crippen molar-refractivity contribution in [1.29, 1.82) is 0 Å². The first-order valence-corrected chi connectivity index (χ1v) is 13.4. The molecule has 3 heterocycles. The van der Waals surface area contributed by atoms with Crippen molar-refractivity contribution in [3.63, 3.8) is 0 Å². The Hall–Kier alpha value is -2.20. The second-order valence-corrected chi connectivity index (χ2v) is 11.1. The van der Waals surface area contributed by atoms with Crippen LogP contribution in [0, 0.1) is 18.6 Å². The molecule has 172 valence electrons. The first-order valence-electron chi connectivity index (χ1n) is 11.1. The Labute approximate surface area is 207 Å². The summed E-state index contributed by atoms with van der Waals surface area (Å²) in [6.45, 7) is 9.18. The molecule has 0 radical (unpaired) electrons. The van der Waals surface area contributed by atoms with Crippen molar-refractivity contribution >= 4 is 51.2 Å². The van der Waals surface area contributed by atoms with Gasteiger partial charge >= 0.3 is 0 Å². The molecule has 9 heteroatoms.